The van der Waals surface area contributed by atoms with Crippen molar-refractivity contribution in [2.45, 2.75) is 26.2 Å². The number of amides is 1. The molecule has 0 saturated carbocycles. The highest BCUT2D eigenvalue weighted by atomic mass is 16.2. The quantitative estimate of drug-likeness (QED) is 0.680. The van der Waals surface area contributed by atoms with E-state index in [1.807, 2.05) is 61.2 Å². The first kappa shape index (κ1) is 19.5. The fourth-order valence-electron chi connectivity index (χ4n) is 3.86. The Labute approximate surface area is 176 Å². The van der Waals surface area contributed by atoms with E-state index in [2.05, 4.69) is 22.0 Å². The second-order valence-electron chi connectivity index (χ2n) is 7.70. The van der Waals surface area contributed by atoms with Crippen LogP contribution in [0.4, 0.5) is 0 Å². The molecule has 1 aliphatic rings. The second kappa shape index (κ2) is 7.89. The molecule has 0 bridgehead atoms. The standard InChI is InChI=1S/C25H22N4O/c1-4-5-23-27-17(3)24(28-23)22-12-20(9-6-16(22)2)25(30)29-14-21(15-29)19-10-7-18(13-26)8-11-19/h1,6-12,21H,5,14-15H2,2-3H3,(H,27,28). The predicted octanol–water partition coefficient (Wildman–Crippen LogP) is 3.98. The minimum Gasteiger partial charge on any atom is -0.341 e. The molecule has 148 valence electrons. The molecule has 2 aromatic carbocycles. The number of H-pyrrole nitrogens is 1. The molecule has 0 aliphatic carbocycles. The van der Waals surface area contributed by atoms with Crippen LogP contribution in [-0.4, -0.2) is 33.9 Å². The van der Waals surface area contributed by atoms with E-state index >= 15 is 0 Å². The summed E-state index contributed by atoms with van der Waals surface area (Å²) >= 11 is 0. The molecule has 0 atom stereocenters. The number of hydrogen-bond donors (Lipinski definition) is 1. The first-order chi connectivity index (χ1) is 14.5. The van der Waals surface area contributed by atoms with Gasteiger partial charge in [-0.1, -0.05) is 24.1 Å². The summed E-state index contributed by atoms with van der Waals surface area (Å²) in [5.41, 5.74) is 6.31. The Kier molecular flexibility index (Phi) is 5.12. The Morgan fingerprint density at radius 1 is 1.23 bits per heavy atom. The van der Waals surface area contributed by atoms with E-state index in [1.54, 1.807) is 0 Å². The first-order valence-corrected chi connectivity index (χ1v) is 9.89. The smallest absolute Gasteiger partial charge is 0.253 e. The summed E-state index contributed by atoms with van der Waals surface area (Å²) in [5, 5.41) is 8.93. The number of likely N-dealkylation sites (tertiary alicyclic amines) is 1. The van der Waals surface area contributed by atoms with E-state index in [4.69, 9.17) is 11.7 Å². The van der Waals surface area contributed by atoms with E-state index in [0.29, 0.717) is 36.6 Å². The third kappa shape index (κ3) is 3.58. The number of hydrogen-bond acceptors (Lipinski definition) is 3. The van der Waals surface area contributed by atoms with Gasteiger partial charge in [0.1, 0.15) is 5.82 Å². The third-order valence-corrected chi connectivity index (χ3v) is 5.64. The lowest BCUT2D eigenvalue weighted by Crippen LogP contribution is -2.48. The molecule has 2 heterocycles. The zero-order valence-electron chi connectivity index (χ0n) is 17.1. The van der Waals surface area contributed by atoms with Gasteiger partial charge < -0.3 is 9.88 Å². The maximum Gasteiger partial charge on any atom is 0.253 e. The van der Waals surface area contributed by atoms with E-state index in [1.165, 1.54) is 0 Å². The summed E-state index contributed by atoms with van der Waals surface area (Å²) in [6, 6.07) is 15.5. The average molecular weight is 394 g/mol. The highest BCUT2D eigenvalue weighted by molar-refractivity contribution is 5.96. The number of carbonyl (C=O) groups is 1. The van der Waals surface area contributed by atoms with Crippen LogP contribution in [0.1, 0.15) is 44.5 Å². The van der Waals surface area contributed by atoms with Crippen molar-refractivity contribution in [3.8, 4) is 29.7 Å². The molecule has 3 aromatic rings. The molecule has 30 heavy (non-hydrogen) atoms. The van der Waals surface area contributed by atoms with E-state index in [9.17, 15) is 4.79 Å². The summed E-state index contributed by atoms with van der Waals surface area (Å²) in [4.78, 5) is 22.7. The molecule has 1 N–H and O–H groups in total. The first-order valence-electron chi connectivity index (χ1n) is 9.89. The van der Waals surface area contributed by atoms with Crippen LogP contribution < -0.4 is 0 Å². The van der Waals surface area contributed by atoms with Crippen molar-refractivity contribution in [2.75, 3.05) is 13.1 Å². The molecule has 5 heteroatoms. The third-order valence-electron chi connectivity index (χ3n) is 5.64. The lowest BCUT2D eigenvalue weighted by Gasteiger charge is -2.39. The van der Waals surface area contributed by atoms with Crippen LogP contribution in [0, 0.1) is 37.5 Å². The summed E-state index contributed by atoms with van der Waals surface area (Å²) in [6.45, 7) is 5.33. The number of aromatic amines is 1. The number of nitrogens with zero attached hydrogens (tertiary/aromatic N) is 3. The van der Waals surface area contributed by atoms with Crippen LogP contribution >= 0.6 is 0 Å². The number of imidazole rings is 1. The lowest BCUT2D eigenvalue weighted by atomic mass is 9.90. The Balaban J connectivity index is 1.51. The number of rotatable bonds is 4. The maximum absolute atomic E-state index is 13.0. The number of nitrogens with one attached hydrogen (secondary N) is 1. The molecule has 0 spiro atoms. The fourth-order valence-corrected chi connectivity index (χ4v) is 3.86. The maximum atomic E-state index is 13.0. The zero-order valence-corrected chi connectivity index (χ0v) is 17.1. The van der Waals surface area contributed by atoms with Gasteiger partial charge in [0.05, 0.1) is 29.4 Å². The monoisotopic (exact) mass is 394 g/mol. The molecular formula is C25H22N4O. The minimum absolute atomic E-state index is 0.0298. The number of terminal acetylenes is 1. The average Bonchev–Trinajstić information content (AvgIpc) is 3.08. The number of nitriles is 1. The van der Waals surface area contributed by atoms with Crippen LogP contribution in [0.3, 0.4) is 0 Å². The van der Waals surface area contributed by atoms with Crippen LogP contribution in [-0.2, 0) is 6.42 Å². The van der Waals surface area contributed by atoms with Gasteiger partial charge in [-0.25, -0.2) is 4.98 Å². The Morgan fingerprint density at radius 2 is 1.97 bits per heavy atom. The molecule has 1 fully saturated rings. The largest absolute Gasteiger partial charge is 0.341 e. The summed E-state index contributed by atoms with van der Waals surface area (Å²) in [7, 11) is 0. The van der Waals surface area contributed by atoms with Gasteiger partial charge in [0, 0.05) is 30.1 Å². The zero-order chi connectivity index (χ0) is 21.3. The van der Waals surface area contributed by atoms with E-state index < -0.39 is 0 Å². The predicted molar refractivity (Wildman–Crippen MR) is 116 cm³/mol. The molecule has 1 amide bonds. The second-order valence-corrected chi connectivity index (χ2v) is 7.70. The molecule has 1 aliphatic heterocycles. The summed E-state index contributed by atoms with van der Waals surface area (Å²) in [6.07, 6.45) is 5.85. The summed E-state index contributed by atoms with van der Waals surface area (Å²) < 4.78 is 0. The Bertz CT molecular complexity index is 1190. The van der Waals surface area contributed by atoms with Crippen LogP contribution in [0.25, 0.3) is 11.3 Å². The number of carbonyl (C=O) groups excluding carboxylic acids is 1. The normalized spacial score (nSPS) is 13.4. The molecule has 5 nitrogen and oxygen atoms in total. The fraction of sp³-hybridized carbons (Fsp3) is 0.240. The van der Waals surface area contributed by atoms with Crippen molar-refractivity contribution in [2.24, 2.45) is 0 Å². The Hall–Kier alpha value is -3.83. The Morgan fingerprint density at radius 3 is 2.63 bits per heavy atom. The lowest BCUT2D eigenvalue weighted by molar-refractivity contribution is 0.0602. The van der Waals surface area contributed by atoms with E-state index in [0.717, 1.165) is 33.9 Å². The van der Waals surface area contributed by atoms with Crippen LogP contribution in [0.15, 0.2) is 42.5 Å². The van der Waals surface area contributed by atoms with Gasteiger partial charge in [-0.2, -0.15) is 5.26 Å². The highest BCUT2D eigenvalue weighted by Crippen LogP contribution is 2.31. The van der Waals surface area contributed by atoms with Gasteiger partial charge in [0.15, 0.2) is 0 Å². The van der Waals surface area contributed by atoms with Gasteiger partial charge in [-0.15, -0.1) is 6.42 Å². The van der Waals surface area contributed by atoms with Crippen molar-refractivity contribution in [1.29, 1.82) is 5.26 Å². The van der Waals surface area contributed by atoms with Crippen LogP contribution in [0.5, 0.6) is 0 Å². The topological polar surface area (TPSA) is 72.8 Å². The molecule has 4 rings (SSSR count). The summed E-state index contributed by atoms with van der Waals surface area (Å²) in [5.74, 6) is 3.70. The molecular weight excluding hydrogens is 372 g/mol. The van der Waals surface area contributed by atoms with E-state index in [-0.39, 0.29) is 5.91 Å². The van der Waals surface area contributed by atoms with Crippen molar-refractivity contribution < 1.29 is 4.79 Å². The SMILES string of the molecule is C#CCc1nc(C)c(-c2cc(C(=O)N3CC(c4ccc(C#N)cc4)C3)ccc2C)[nH]1. The molecule has 1 saturated heterocycles. The van der Waals surface area contributed by atoms with Crippen molar-refractivity contribution in [1.82, 2.24) is 14.9 Å². The number of benzene rings is 2. The van der Waals surface area contributed by atoms with Crippen molar-refractivity contribution in [3.63, 3.8) is 0 Å². The van der Waals surface area contributed by atoms with Gasteiger partial charge in [0.25, 0.3) is 5.91 Å². The van der Waals surface area contributed by atoms with Crippen LogP contribution in [0.2, 0.25) is 0 Å². The molecule has 0 radical (unpaired) electrons. The van der Waals surface area contributed by atoms with Crippen molar-refractivity contribution >= 4 is 5.91 Å². The van der Waals surface area contributed by atoms with Crippen molar-refractivity contribution in [3.05, 3.63) is 76.2 Å². The molecule has 1 aromatic heterocycles. The van der Waals surface area contributed by atoms with Gasteiger partial charge >= 0.3 is 0 Å². The highest BCUT2D eigenvalue weighted by Gasteiger charge is 2.32. The molecule has 0 unspecified atom stereocenters. The van der Waals surface area contributed by atoms with Gasteiger partial charge in [-0.05, 0) is 49.2 Å². The minimum atomic E-state index is 0.0298. The van der Waals surface area contributed by atoms with Gasteiger partial charge in [0.2, 0.25) is 0 Å². The van der Waals surface area contributed by atoms with Gasteiger partial charge in [-0.3, -0.25) is 4.79 Å². The number of aromatic nitrogens is 2. The number of aryl methyl sites for hydroxylation is 2.